The van der Waals surface area contributed by atoms with E-state index in [9.17, 15) is 33.6 Å². The van der Waals surface area contributed by atoms with E-state index in [4.69, 9.17) is 4.74 Å². The molecular formula is C27H36N6O9. The van der Waals surface area contributed by atoms with Crippen molar-refractivity contribution < 1.29 is 43.0 Å². The Morgan fingerprint density at radius 2 is 1.29 bits per heavy atom. The second kappa shape index (κ2) is 15.9. The standard InChI is InChI=1S/C27H36N6O9/c1-41-24(37)16-30-26(39)20-10-6-11-32(20)22(35)14-28-21(34)13-29-25(38)19-9-5-12-33(19)23(36)15-31-27(40)42-17-18-7-3-2-4-8-18/h2-4,7-8,19-20H,5-6,9-17H2,1H3,(H,28,34)(H,29,38)(H,30,39)(H,31,40)/t19-,20-/m1/s1. The molecule has 0 aliphatic carbocycles. The first-order chi connectivity index (χ1) is 20.2. The van der Waals surface area contributed by atoms with Crippen LogP contribution in [0.4, 0.5) is 4.79 Å². The molecule has 2 fully saturated rings. The molecule has 15 nitrogen and oxygen atoms in total. The van der Waals surface area contributed by atoms with Crippen LogP contribution in [0.1, 0.15) is 31.2 Å². The maximum absolute atomic E-state index is 12.7. The molecule has 2 heterocycles. The van der Waals surface area contributed by atoms with E-state index in [2.05, 4.69) is 26.0 Å². The van der Waals surface area contributed by atoms with Crippen molar-refractivity contribution >= 4 is 41.6 Å². The maximum atomic E-state index is 12.7. The largest absolute Gasteiger partial charge is 0.468 e. The summed E-state index contributed by atoms with van der Waals surface area (Å²) in [6.45, 7) is -0.763. The summed E-state index contributed by atoms with van der Waals surface area (Å²) >= 11 is 0. The zero-order valence-corrected chi connectivity index (χ0v) is 23.4. The fraction of sp³-hybridized carbons (Fsp3) is 0.519. The molecule has 1 aromatic carbocycles. The zero-order chi connectivity index (χ0) is 30.5. The van der Waals surface area contributed by atoms with Crippen LogP contribution in [0.3, 0.4) is 0 Å². The molecule has 42 heavy (non-hydrogen) atoms. The van der Waals surface area contributed by atoms with E-state index in [1.165, 1.54) is 16.9 Å². The van der Waals surface area contributed by atoms with Gasteiger partial charge < -0.3 is 40.5 Å². The van der Waals surface area contributed by atoms with E-state index in [0.717, 1.165) is 5.56 Å². The number of nitrogens with one attached hydrogen (secondary N) is 4. The monoisotopic (exact) mass is 588 g/mol. The van der Waals surface area contributed by atoms with E-state index in [0.29, 0.717) is 38.8 Å². The molecule has 2 aliphatic heterocycles. The van der Waals surface area contributed by atoms with Gasteiger partial charge in [0.15, 0.2) is 0 Å². The molecular weight excluding hydrogens is 552 g/mol. The van der Waals surface area contributed by atoms with Crippen molar-refractivity contribution in [3.05, 3.63) is 35.9 Å². The third kappa shape index (κ3) is 9.45. The molecule has 6 amide bonds. The molecule has 2 saturated heterocycles. The molecule has 1 aromatic rings. The van der Waals surface area contributed by atoms with E-state index >= 15 is 0 Å². The molecule has 0 radical (unpaired) electrons. The summed E-state index contributed by atoms with van der Waals surface area (Å²) in [5, 5.41) is 9.71. The van der Waals surface area contributed by atoms with Gasteiger partial charge >= 0.3 is 12.1 Å². The van der Waals surface area contributed by atoms with Crippen molar-refractivity contribution in [1.82, 2.24) is 31.1 Å². The Bertz CT molecular complexity index is 1160. The van der Waals surface area contributed by atoms with Crippen LogP contribution in [0.15, 0.2) is 30.3 Å². The number of esters is 1. The second-order valence-corrected chi connectivity index (χ2v) is 9.69. The van der Waals surface area contributed by atoms with Crippen LogP contribution in [-0.4, -0.2) is 110 Å². The summed E-state index contributed by atoms with van der Waals surface area (Å²) in [5.74, 6) is -3.20. The molecule has 2 atom stereocenters. The highest BCUT2D eigenvalue weighted by molar-refractivity contribution is 5.94. The average Bonchev–Trinajstić information content (AvgIpc) is 3.70. The summed E-state index contributed by atoms with van der Waals surface area (Å²) in [4.78, 5) is 88.5. The number of carbonyl (C=O) groups is 7. The normalized spacial score (nSPS) is 17.6. The predicted octanol–water partition coefficient (Wildman–Crippen LogP) is -1.58. The van der Waals surface area contributed by atoms with E-state index in [1.54, 1.807) is 12.1 Å². The summed E-state index contributed by atoms with van der Waals surface area (Å²) in [6, 6.07) is 7.49. The molecule has 0 saturated carbocycles. The number of benzene rings is 1. The fourth-order valence-corrected chi connectivity index (χ4v) is 4.67. The Kier molecular flexibility index (Phi) is 12.1. The minimum atomic E-state index is -0.803. The van der Waals surface area contributed by atoms with Crippen molar-refractivity contribution in [1.29, 1.82) is 0 Å². The smallest absolute Gasteiger partial charge is 0.407 e. The lowest BCUT2D eigenvalue weighted by Gasteiger charge is -2.24. The van der Waals surface area contributed by atoms with Gasteiger partial charge in [-0.15, -0.1) is 0 Å². The summed E-state index contributed by atoms with van der Waals surface area (Å²) in [7, 11) is 1.20. The first-order valence-corrected chi connectivity index (χ1v) is 13.6. The van der Waals surface area contributed by atoms with Crippen molar-refractivity contribution in [3.63, 3.8) is 0 Å². The maximum Gasteiger partial charge on any atom is 0.407 e. The minimum absolute atomic E-state index is 0.0499. The van der Waals surface area contributed by atoms with Crippen LogP contribution in [0.2, 0.25) is 0 Å². The fourth-order valence-electron chi connectivity index (χ4n) is 4.67. The summed E-state index contributed by atoms with van der Waals surface area (Å²) < 4.78 is 9.57. The highest BCUT2D eigenvalue weighted by Crippen LogP contribution is 2.18. The minimum Gasteiger partial charge on any atom is -0.468 e. The summed E-state index contributed by atoms with van der Waals surface area (Å²) in [5.41, 5.74) is 0.795. The molecule has 228 valence electrons. The van der Waals surface area contributed by atoms with E-state index in [1.807, 2.05) is 18.2 Å². The predicted molar refractivity (Wildman–Crippen MR) is 145 cm³/mol. The lowest BCUT2D eigenvalue weighted by atomic mass is 10.2. The van der Waals surface area contributed by atoms with Gasteiger partial charge in [0, 0.05) is 13.1 Å². The van der Waals surface area contributed by atoms with Crippen molar-refractivity contribution in [2.75, 3.05) is 46.4 Å². The van der Waals surface area contributed by atoms with Crippen molar-refractivity contribution in [3.8, 4) is 0 Å². The van der Waals surface area contributed by atoms with Gasteiger partial charge in [-0.1, -0.05) is 30.3 Å². The van der Waals surface area contributed by atoms with Crippen molar-refractivity contribution in [2.45, 2.75) is 44.4 Å². The lowest BCUT2D eigenvalue weighted by molar-refractivity contribution is -0.142. The number of nitrogens with zero attached hydrogens (tertiary/aromatic N) is 2. The Balaban J connectivity index is 1.36. The first-order valence-electron chi connectivity index (χ1n) is 13.6. The number of carbonyl (C=O) groups excluding carboxylic acids is 7. The number of methoxy groups -OCH3 is 1. The van der Waals surface area contributed by atoms with Crippen LogP contribution in [0.25, 0.3) is 0 Å². The first kappa shape index (κ1) is 31.8. The van der Waals surface area contributed by atoms with Gasteiger partial charge in [-0.2, -0.15) is 0 Å². The third-order valence-corrected chi connectivity index (χ3v) is 6.84. The van der Waals surface area contributed by atoms with Crippen LogP contribution in [0, 0.1) is 0 Å². The zero-order valence-electron chi connectivity index (χ0n) is 23.4. The quantitative estimate of drug-likeness (QED) is 0.209. The molecule has 0 unspecified atom stereocenters. The molecule has 2 aliphatic rings. The number of likely N-dealkylation sites (tertiary alicyclic amines) is 2. The van der Waals surface area contributed by atoms with Crippen LogP contribution in [-0.2, 0) is 44.8 Å². The Hall–Kier alpha value is -4.69. The molecule has 15 heteroatoms. The average molecular weight is 589 g/mol. The molecule has 0 aromatic heterocycles. The molecule has 0 spiro atoms. The highest BCUT2D eigenvalue weighted by Gasteiger charge is 2.35. The number of amides is 6. The Morgan fingerprint density at radius 1 is 0.738 bits per heavy atom. The molecule has 0 bridgehead atoms. The van der Waals surface area contributed by atoms with Crippen LogP contribution < -0.4 is 21.3 Å². The summed E-state index contributed by atoms with van der Waals surface area (Å²) in [6.07, 6.45) is 1.22. The number of alkyl carbamates (subject to hydrolysis) is 1. The van der Waals surface area contributed by atoms with Gasteiger partial charge in [0.1, 0.15) is 31.8 Å². The van der Waals surface area contributed by atoms with Gasteiger partial charge in [0.2, 0.25) is 29.5 Å². The van der Waals surface area contributed by atoms with Crippen LogP contribution in [0.5, 0.6) is 0 Å². The number of hydrogen-bond donors (Lipinski definition) is 4. The number of hydrogen-bond acceptors (Lipinski definition) is 9. The van der Waals surface area contributed by atoms with Gasteiger partial charge in [0.05, 0.1) is 20.2 Å². The number of ether oxygens (including phenoxy) is 2. The highest BCUT2D eigenvalue weighted by atomic mass is 16.5. The second-order valence-electron chi connectivity index (χ2n) is 9.69. The van der Waals surface area contributed by atoms with Gasteiger partial charge in [-0.05, 0) is 31.2 Å². The van der Waals surface area contributed by atoms with Crippen LogP contribution >= 0.6 is 0 Å². The lowest BCUT2D eigenvalue weighted by Crippen LogP contribution is -2.52. The van der Waals surface area contributed by atoms with Gasteiger partial charge in [0.25, 0.3) is 0 Å². The third-order valence-electron chi connectivity index (χ3n) is 6.84. The van der Waals surface area contributed by atoms with Gasteiger partial charge in [-0.3, -0.25) is 28.8 Å². The Morgan fingerprint density at radius 3 is 1.86 bits per heavy atom. The Labute approximate surface area is 242 Å². The van der Waals surface area contributed by atoms with Crippen molar-refractivity contribution in [2.24, 2.45) is 0 Å². The topological polar surface area (TPSA) is 193 Å². The van der Waals surface area contributed by atoms with Gasteiger partial charge in [-0.25, -0.2) is 4.79 Å². The molecule has 4 N–H and O–H groups in total. The molecule has 3 rings (SSSR count). The van der Waals surface area contributed by atoms with E-state index in [-0.39, 0.29) is 26.2 Å². The number of rotatable bonds is 12. The SMILES string of the molecule is COC(=O)CNC(=O)[C@H]1CCCN1C(=O)CNC(=O)CNC(=O)[C@H]1CCCN1C(=O)CNC(=O)OCc1ccccc1. The van der Waals surface area contributed by atoms with E-state index < -0.39 is 60.2 Å².